The standard InChI is InChI=1S/C24H20F2N3O4PS.CH4/c25-16-6-5-13-15(20(16)26)12-35-18-4-2-1-3-14(18)21(13)29-19-11-32-10-9-27(19)24(31)22-23(33-34)17(30)7-8-28(22)29;/h1-8,19,21H,9-12,34H2;1H4/t19-,21+;/m1./s1. The Morgan fingerprint density at radius 3 is 2.69 bits per heavy atom. The average Bonchev–Trinajstić information content (AvgIpc) is 3.04. The number of halogens is 2. The van der Waals surface area contributed by atoms with Crippen LogP contribution in [0.1, 0.15) is 40.6 Å². The number of rotatable bonds is 2. The van der Waals surface area contributed by atoms with Crippen molar-refractivity contribution < 1.29 is 22.8 Å². The number of benzene rings is 2. The SMILES string of the molecule is C.O=C1c2c(OP)c(=O)ccn2N([C@@H]2c3ccccc3SCc3c2ccc(F)c3F)[C@@H]2COCCN12. The zero-order chi connectivity index (χ0) is 24.3. The molecule has 1 unspecified atom stereocenters. The van der Waals surface area contributed by atoms with Crippen molar-refractivity contribution in [1.82, 2.24) is 9.58 Å². The van der Waals surface area contributed by atoms with Crippen LogP contribution in [0.3, 0.4) is 0 Å². The predicted molar refractivity (Wildman–Crippen MR) is 136 cm³/mol. The highest BCUT2D eigenvalue weighted by Gasteiger charge is 2.46. The van der Waals surface area contributed by atoms with Crippen LogP contribution in [0.25, 0.3) is 0 Å². The lowest BCUT2D eigenvalue weighted by molar-refractivity contribution is -0.0196. The molecule has 4 heterocycles. The number of carbonyl (C=O) groups excluding carboxylic acids is 1. The van der Waals surface area contributed by atoms with Crippen LogP contribution in [0.2, 0.25) is 0 Å². The maximum Gasteiger partial charge on any atom is 0.278 e. The molecule has 2 aromatic carbocycles. The van der Waals surface area contributed by atoms with Crippen molar-refractivity contribution >= 4 is 27.1 Å². The first-order valence-corrected chi connectivity index (χ1v) is 12.4. The summed E-state index contributed by atoms with van der Waals surface area (Å²) in [5.74, 6) is -1.99. The summed E-state index contributed by atoms with van der Waals surface area (Å²) in [7, 11) is 2.03. The average molecular weight is 532 g/mol. The van der Waals surface area contributed by atoms with Gasteiger partial charge in [0.1, 0.15) is 6.17 Å². The second kappa shape index (κ2) is 9.50. The van der Waals surface area contributed by atoms with E-state index in [2.05, 4.69) is 0 Å². The van der Waals surface area contributed by atoms with E-state index in [-0.39, 0.29) is 42.7 Å². The molecule has 0 saturated carbocycles. The monoisotopic (exact) mass is 531 g/mol. The van der Waals surface area contributed by atoms with E-state index in [1.807, 2.05) is 38.7 Å². The minimum atomic E-state index is -0.909. The van der Waals surface area contributed by atoms with Gasteiger partial charge in [0, 0.05) is 35.0 Å². The Labute approximate surface area is 213 Å². The molecule has 1 amide bonds. The predicted octanol–water partition coefficient (Wildman–Crippen LogP) is 4.08. The summed E-state index contributed by atoms with van der Waals surface area (Å²) >= 11 is 1.43. The van der Waals surface area contributed by atoms with Gasteiger partial charge in [-0.1, -0.05) is 31.7 Å². The van der Waals surface area contributed by atoms with Gasteiger partial charge in [-0.25, -0.2) is 8.78 Å². The van der Waals surface area contributed by atoms with E-state index in [0.717, 1.165) is 16.5 Å². The molecule has 1 saturated heterocycles. The summed E-state index contributed by atoms with van der Waals surface area (Å²) in [6, 6.07) is 11.1. The first-order chi connectivity index (χ1) is 17.0. The Morgan fingerprint density at radius 2 is 1.89 bits per heavy atom. The first kappa shape index (κ1) is 24.7. The van der Waals surface area contributed by atoms with Gasteiger partial charge in [0.05, 0.1) is 28.7 Å². The molecule has 188 valence electrons. The summed E-state index contributed by atoms with van der Waals surface area (Å²) in [6.07, 6.45) is 0.972. The second-order valence-corrected chi connectivity index (χ2v) is 9.67. The molecule has 0 spiro atoms. The molecule has 0 aliphatic carbocycles. The maximum atomic E-state index is 15.1. The van der Waals surface area contributed by atoms with E-state index in [1.165, 1.54) is 24.0 Å². The number of morpholine rings is 1. The van der Waals surface area contributed by atoms with Gasteiger partial charge in [-0.15, -0.1) is 11.8 Å². The maximum absolute atomic E-state index is 15.1. The summed E-state index contributed by atoms with van der Waals surface area (Å²) in [6.45, 7) is 0.865. The third-order valence-corrected chi connectivity index (χ3v) is 8.00. The van der Waals surface area contributed by atoms with Gasteiger partial charge in [-0.3, -0.25) is 19.3 Å². The zero-order valence-corrected chi connectivity index (χ0v) is 20.3. The smallest absolute Gasteiger partial charge is 0.278 e. The number of hydrogen-bond donors (Lipinski definition) is 0. The molecule has 0 bridgehead atoms. The summed E-state index contributed by atoms with van der Waals surface area (Å²) in [5, 5.41) is 1.91. The molecule has 1 fully saturated rings. The van der Waals surface area contributed by atoms with Crippen molar-refractivity contribution in [3.05, 3.63) is 92.9 Å². The highest BCUT2D eigenvalue weighted by Crippen LogP contribution is 2.45. The van der Waals surface area contributed by atoms with Crippen LogP contribution in [-0.4, -0.2) is 41.4 Å². The molecular weight excluding hydrogens is 507 g/mol. The Morgan fingerprint density at radius 1 is 1.08 bits per heavy atom. The Hall–Kier alpha value is -2.94. The summed E-state index contributed by atoms with van der Waals surface area (Å²) in [5.41, 5.74) is 1.36. The molecule has 7 nitrogen and oxygen atoms in total. The van der Waals surface area contributed by atoms with Gasteiger partial charge >= 0.3 is 0 Å². The fourth-order valence-corrected chi connectivity index (χ4v) is 6.43. The minimum Gasteiger partial charge on any atom is -0.474 e. The van der Waals surface area contributed by atoms with Crippen LogP contribution in [-0.2, 0) is 10.5 Å². The molecule has 6 rings (SSSR count). The molecular formula is C25H24F2N3O4PS. The van der Waals surface area contributed by atoms with E-state index >= 15 is 4.39 Å². The largest absolute Gasteiger partial charge is 0.474 e. The summed E-state index contributed by atoms with van der Waals surface area (Å²) in [4.78, 5) is 28.7. The van der Waals surface area contributed by atoms with E-state index in [1.54, 1.807) is 15.6 Å². The van der Waals surface area contributed by atoms with Gasteiger partial charge in [-0.2, -0.15) is 0 Å². The molecule has 3 aliphatic rings. The Bertz CT molecular complexity index is 1420. The van der Waals surface area contributed by atoms with Crippen LogP contribution >= 0.6 is 21.2 Å². The van der Waals surface area contributed by atoms with Crippen LogP contribution in [0, 0.1) is 11.6 Å². The highest BCUT2D eigenvalue weighted by molar-refractivity contribution is 7.98. The lowest BCUT2D eigenvalue weighted by Gasteiger charge is -2.51. The van der Waals surface area contributed by atoms with Crippen LogP contribution in [0.15, 0.2) is 58.4 Å². The van der Waals surface area contributed by atoms with Crippen molar-refractivity contribution in [1.29, 1.82) is 0 Å². The van der Waals surface area contributed by atoms with Gasteiger partial charge in [0.25, 0.3) is 5.91 Å². The lowest BCUT2D eigenvalue weighted by atomic mass is 9.93. The van der Waals surface area contributed by atoms with Gasteiger partial charge in [0.2, 0.25) is 11.2 Å². The van der Waals surface area contributed by atoms with Gasteiger partial charge in [0.15, 0.2) is 17.3 Å². The number of carbonyl (C=O) groups is 1. The van der Waals surface area contributed by atoms with Crippen molar-refractivity contribution in [3.8, 4) is 5.75 Å². The van der Waals surface area contributed by atoms with E-state index in [4.69, 9.17) is 9.26 Å². The van der Waals surface area contributed by atoms with E-state index in [0.29, 0.717) is 18.7 Å². The van der Waals surface area contributed by atoms with Crippen molar-refractivity contribution in [2.45, 2.75) is 30.3 Å². The molecule has 1 aromatic heterocycles. The molecule has 0 radical (unpaired) electrons. The topological polar surface area (TPSA) is 64.0 Å². The number of thioether (sulfide) groups is 1. The minimum absolute atomic E-state index is 0. The van der Waals surface area contributed by atoms with E-state index < -0.39 is 29.3 Å². The third kappa shape index (κ3) is 3.62. The number of amides is 1. The number of fused-ring (bicyclic) bond motifs is 4. The lowest BCUT2D eigenvalue weighted by Crippen LogP contribution is -2.66. The molecule has 11 heteroatoms. The van der Waals surface area contributed by atoms with Crippen molar-refractivity contribution in [2.75, 3.05) is 24.8 Å². The van der Waals surface area contributed by atoms with Gasteiger partial charge in [-0.05, 0) is 23.3 Å². The van der Waals surface area contributed by atoms with Crippen LogP contribution < -0.4 is 15.0 Å². The Kier molecular flexibility index (Phi) is 6.53. The third-order valence-electron chi connectivity index (χ3n) is 6.65. The molecule has 3 aromatic rings. The zero-order valence-electron chi connectivity index (χ0n) is 18.3. The first-order valence-electron chi connectivity index (χ1n) is 11.0. The van der Waals surface area contributed by atoms with Gasteiger partial charge < -0.3 is 14.2 Å². The summed E-state index contributed by atoms with van der Waals surface area (Å²) < 4.78 is 42.1. The van der Waals surface area contributed by atoms with Crippen molar-refractivity contribution in [2.24, 2.45) is 0 Å². The Balaban J connectivity index is 0.00000267. The number of nitrogens with zero attached hydrogens (tertiary/aromatic N) is 3. The second-order valence-electron chi connectivity index (χ2n) is 8.41. The van der Waals surface area contributed by atoms with Crippen LogP contribution in [0.5, 0.6) is 5.75 Å². The number of pyridine rings is 1. The number of hydrogen-bond acceptors (Lipinski definition) is 6. The quantitative estimate of drug-likeness (QED) is 0.465. The van der Waals surface area contributed by atoms with Crippen molar-refractivity contribution in [3.63, 3.8) is 0 Å². The highest BCUT2D eigenvalue weighted by atomic mass is 32.2. The molecule has 3 aliphatic heterocycles. The van der Waals surface area contributed by atoms with Crippen LogP contribution in [0.4, 0.5) is 8.78 Å². The fraction of sp³-hybridized carbons (Fsp3) is 0.280. The molecule has 0 N–H and O–H groups in total. The fourth-order valence-electron chi connectivity index (χ4n) is 5.08. The van der Waals surface area contributed by atoms with E-state index in [9.17, 15) is 14.0 Å². The normalized spacial score (nSPS) is 20.4. The number of ether oxygens (including phenoxy) is 1. The molecule has 3 atom stereocenters. The molecule has 36 heavy (non-hydrogen) atoms. The number of aromatic nitrogens is 1.